The lowest BCUT2D eigenvalue weighted by atomic mass is 10.1. The van der Waals surface area contributed by atoms with Crippen molar-refractivity contribution in [2.24, 2.45) is 0 Å². The minimum Gasteiger partial charge on any atom is -0.207 e. The first-order valence-corrected chi connectivity index (χ1v) is 6.71. The van der Waals surface area contributed by atoms with Crippen LogP contribution in [0.15, 0.2) is 23.1 Å². The van der Waals surface area contributed by atoms with E-state index >= 15 is 0 Å². The van der Waals surface area contributed by atoms with Crippen LogP contribution in [0.1, 0.15) is 11.1 Å². The van der Waals surface area contributed by atoms with Crippen LogP contribution >= 0.6 is 22.3 Å². The number of benzene rings is 1. The predicted molar refractivity (Wildman–Crippen MR) is 54.0 cm³/mol. The molecule has 0 amide bonds. The van der Waals surface area contributed by atoms with Gasteiger partial charge in [0.05, 0.1) is 10.5 Å². The van der Waals surface area contributed by atoms with Crippen molar-refractivity contribution in [1.29, 1.82) is 0 Å². The van der Waals surface area contributed by atoms with Gasteiger partial charge in [-0.3, -0.25) is 0 Å². The fourth-order valence-electron chi connectivity index (χ4n) is 1.04. The first kappa shape index (κ1) is 13.6. The van der Waals surface area contributed by atoms with E-state index in [2.05, 4.69) is 0 Å². The molecule has 0 aliphatic carbocycles. The molecule has 2 nitrogen and oxygen atoms in total. The van der Waals surface area contributed by atoms with E-state index in [0.29, 0.717) is 6.07 Å². The first-order valence-electron chi connectivity index (χ1n) is 3.86. The van der Waals surface area contributed by atoms with Gasteiger partial charge in [-0.05, 0) is 23.8 Å². The van der Waals surface area contributed by atoms with Gasteiger partial charge in [0, 0.05) is 16.6 Å². The highest BCUT2D eigenvalue weighted by molar-refractivity contribution is 8.13. The maximum absolute atomic E-state index is 12.4. The van der Waals surface area contributed by atoms with Gasteiger partial charge in [-0.15, -0.1) is 11.6 Å². The van der Waals surface area contributed by atoms with Gasteiger partial charge in [-0.25, -0.2) is 8.42 Å². The molecule has 90 valence electrons. The van der Waals surface area contributed by atoms with E-state index < -0.39 is 25.7 Å². The van der Waals surface area contributed by atoms with Crippen LogP contribution in [-0.2, 0) is 21.1 Å². The molecule has 16 heavy (non-hydrogen) atoms. The van der Waals surface area contributed by atoms with Crippen LogP contribution in [0.5, 0.6) is 0 Å². The number of alkyl halides is 4. The normalized spacial score (nSPS) is 12.8. The van der Waals surface area contributed by atoms with Gasteiger partial charge in [0.2, 0.25) is 0 Å². The molecule has 0 aliphatic rings. The van der Waals surface area contributed by atoms with Crippen molar-refractivity contribution < 1.29 is 21.6 Å². The molecule has 1 aromatic carbocycles. The van der Waals surface area contributed by atoms with E-state index in [9.17, 15) is 21.6 Å². The Kier molecular flexibility index (Phi) is 3.76. The molecule has 0 N–H and O–H groups in total. The van der Waals surface area contributed by atoms with Gasteiger partial charge >= 0.3 is 6.18 Å². The summed E-state index contributed by atoms with van der Waals surface area (Å²) in [6.45, 7) is 0. The maximum atomic E-state index is 12.4. The second-order valence-electron chi connectivity index (χ2n) is 2.93. The monoisotopic (exact) mass is 292 g/mol. The van der Waals surface area contributed by atoms with Crippen molar-refractivity contribution in [2.75, 3.05) is 0 Å². The topological polar surface area (TPSA) is 34.1 Å². The van der Waals surface area contributed by atoms with Crippen molar-refractivity contribution in [3.63, 3.8) is 0 Å². The van der Waals surface area contributed by atoms with E-state index in [0.717, 1.165) is 12.1 Å². The summed E-state index contributed by atoms with van der Waals surface area (Å²) < 4.78 is 59.0. The van der Waals surface area contributed by atoms with Crippen LogP contribution in [-0.4, -0.2) is 8.42 Å². The molecular formula is C8H5Cl2F3O2S. The summed E-state index contributed by atoms with van der Waals surface area (Å²) in [5.41, 5.74) is -1.06. The molecule has 0 atom stereocenters. The number of halogens is 5. The molecule has 0 heterocycles. The van der Waals surface area contributed by atoms with Crippen molar-refractivity contribution in [2.45, 2.75) is 17.0 Å². The van der Waals surface area contributed by atoms with E-state index in [1.807, 2.05) is 0 Å². The van der Waals surface area contributed by atoms with Crippen LogP contribution in [0.25, 0.3) is 0 Å². The van der Waals surface area contributed by atoms with E-state index in [-0.39, 0.29) is 11.4 Å². The van der Waals surface area contributed by atoms with E-state index in [4.69, 9.17) is 22.3 Å². The minimum atomic E-state index is -4.64. The summed E-state index contributed by atoms with van der Waals surface area (Å²) in [6, 6.07) is 2.25. The second-order valence-corrected chi connectivity index (χ2v) is 5.77. The highest BCUT2D eigenvalue weighted by Gasteiger charge is 2.32. The smallest absolute Gasteiger partial charge is 0.207 e. The standard InChI is InChI=1S/C8H5Cl2F3O2S/c9-4-5-1-6(8(11,12)13)3-7(2-5)16(10,14)15/h1-3H,4H2. The SMILES string of the molecule is O=S(=O)(Cl)c1cc(CCl)cc(C(F)(F)F)c1. The first-order chi connectivity index (χ1) is 7.14. The second kappa shape index (κ2) is 4.43. The van der Waals surface area contributed by atoms with Crippen LogP contribution in [0.2, 0.25) is 0 Å². The van der Waals surface area contributed by atoms with Crippen molar-refractivity contribution in [1.82, 2.24) is 0 Å². The quantitative estimate of drug-likeness (QED) is 0.619. The summed E-state index contributed by atoms with van der Waals surface area (Å²) in [4.78, 5) is -0.611. The third-order valence-corrected chi connectivity index (χ3v) is 3.37. The fourth-order valence-corrected chi connectivity index (χ4v) is 2.02. The molecule has 0 bridgehead atoms. The van der Waals surface area contributed by atoms with Gasteiger partial charge < -0.3 is 0 Å². The Morgan fingerprint density at radius 2 is 1.75 bits per heavy atom. The van der Waals surface area contributed by atoms with E-state index in [1.54, 1.807) is 0 Å². The molecule has 0 radical (unpaired) electrons. The summed E-state index contributed by atoms with van der Waals surface area (Å²) in [5, 5.41) is 0. The lowest BCUT2D eigenvalue weighted by Crippen LogP contribution is -2.07. The number of rotatable bonds is 2. The van der Waals surface area contributed by atoms with Crippen molar-refractivity contribution >= 4 is 31.3 Å². The lowest BCUT2D eigenvalue weighted by Gasteiger charge is -2.09. The molecule has 0 unspecified atom stereocenters. The van der Waals surface area contributed by atoms with Gasteiger partial charge in [0.15, 0.2) is 0 Å². The van der Waals surface area contributed by atoms with Gasteiger partial charge in [-0.1, -0.05) is 0 Å². The summed E-state index contributed by atoms with van der Waals surface area (Å²) in [7, 11) is 0.767. The Labute approximate surface area is 99.4 Å². The zero-order valence-electron chi connectivity index (χ0n) is 7.55. The van der Waals surface area contributed by atoms with Gasteiger partial charge in [-0.2, -0.15) is 13.2 Å². The fraction of sp³-hybridized carbons (Fsp3) is 0.250. The molecule has 0 aromatic heterocycles. The van der Waals surface area contributed by atoms with Gasteiger partial charge in [0.1, 0.15) is 0 Å². The van der Waals surface area contributed by atoms with Crippen molar-refractivity contribution in [3.05, 3.63) is 29.3 Å². The Bertz CT molecular complexity index is 496. The Morgan fingerprint density at radius 1 is 1.19 bits per heavy atom. The highest BCUT2D eigenvalue weighted by Crippen LogP contribution is 2.32. The zero-order valence-corrected chi connectivity index (χ0v) is 9.88. The minimum absolute atomic E-state index is 0.0377. The highest BCUT2D eigenvalue weighted by atomic mass is 35.7. The molecule has 8 heteroatoms. The molecule has 0 spiro atoms. The molecule has 0 saturated carbocycles. The predicted octanol–water partition coefficient (Wildman–Crippen LogP) is 3.37. The van der Waals surface area contributed by atoms with Crippen LogP contribution in [0, 0.1) is 0 Å². The third-order valence-electron chi connectivity index (χ3n) is 1.73. The molecule has 0 aliphatic heterocycles. The Balaban J connectivity index is 3.45. The average Bonchev–Trinajstić information content (AvgIpc) is 2.14. The lowest BCUT2D eigenvalue weighted by molar-refractivity contribution is -0.137. The third kappa shape index (κ3) is 3.26. The van der Waals surface area contributed by atoms with E-state index in [1.165, 1.54) is 0 Å². The summed E-state index contributed by atoms with van der Waals surface area (Å²) in [6.07, 6.45) is -4.64. The summed E-state index contributed by atoms with van der Waals surface area (Å²) in [5.74, 6) is -0.233. The Morgan fingerprint density at radius 3 is 2.12 bits per heavy atom. The molecule has 0 saturated heterocycles. The molecule has 1 aromatic rings. The molecular weight excluding hydrogens is 288 g/mol. The number of hydrogen-bond acceptors (Lipinski definition) is 2. The molecule has 0 fully saturated rings. The van der Waals surface area contributed by atoms with Crippen LogP contribution in [0.3, 0.4) is 0 Å². The number of hydrogen-bond donors (Lipinski definition) is 0. The van der Waals surface area contributed by atoms with Crippen LogP contribution < -0.4 is 0 Å². The largest absolute Gasteiger partial charge is 0.416 e. The van der Waals surface area contributed by atoms with Crippen LogP contribution in [0.4, 0.5) is 13.2 Å². The maximum Gasteiger partial charge on any atom is 0.416 e. The average molecular weight is 293 g/mol. The Hall–Kier alpha value is -0.460. The zero-order chi connectivity index (χ0) is 12.6. The summed E-state index contributed by atoms with van der Waals surface area (Å²) >= 11 is 5.37. The van der Waals surface area contributed by atoms with Gasteiger partial charge in [0.25, 0.3) is 9.05 Å². The molecule has 1 rings (SSSR count). The van der Waals surface area contributed by atoms with Crippen molar-refractivity contribution in [3.8, 4) is 0 Å².